The minimum absolute atomic E-state index is 0.0829. The zero-order valence-electron chi connectivity index (χ0n) is 6.74. The van der Waals surface area contributed by atoms with Gasteiger partial charge in [0.25, 0.3) is 0 Å². The van der Waals surface area contributed by atoms with Crippen LogP contribution in [0.2, 0.25) is 0 Å². The quantitative estimate of drug-likeness (QED) is 0.602. The fraction of sp³-hybridized carbons (Fsp3) is 0.125. The van der Waals surface area contributed by atoms with Crippen LogP contribution in [0.5, 0.6) is 0 Å². The van der Waals surface area contributed by atoms with E-state index < -0.39 is 11.8 Å². The van der Waals surface area contributed by atoms with E-state index in [2.05, 4.69) is 9.72 Å². The highest BCUT2D eigenvalue weighted by atomic mass is 19.1. The highest BCUT2D eigenvalue weighted by molar-refractivity contribution is 5.87. The molecule has 0 radical (unpaired) electrons. The predicted octanol–water partition coefficient (Wildman–Crippen LogP) is 0.879. The van der Waals surface area contributed by atoms with Crippen LogP contribution in [0.1, 0.15) is 16.1 Å². The molecule has 0 aliphatic rings. The van der Waals surface area contributed by atoms with Crippen LogP contribution in [0.25, 0.3) is 0 Å². The maximum atomic E-state index is 12.7. The Balaban J connectivity index is 3.15. The highest BCUT2D eigenvalue weighted by Crippen LogP contribution is 2.06. The number of nitriles is 1. The van der Waals surface area contributed by atoms with Gasteiger partial charge in [0.2, 0.25) is 0 Å². The van der Waals surface area contributed by atoms with Crippen LogP contribution in [0.4, 0.5) is 4.39 Å². The van der Waals surface area contributed by atoms with Crippen molar-refractivity contribution >= 4 is 5.97 Å². The first-order valence-corrected chi connectivity index (χ1v) is 3.33. The summed E-state index contributed by atoms with van der Waals surface area (Å²) in [4.78, 5) is 14.3. The van der Waals surface area contributed by atoms with E-state index in [1.807, 2.05) is 0 Å². The van der Waals surface area contributed by atoms with Crippen molar-refractivity contribution in [2.45, 2.75) is 0 Å². The fourth-order valence-electron chi connectivity index (χ4n) is 0.741. The van der Waals surface area contributed by atoms with Crippen molar-refractivity contribution in [3.8, 4) is 6.07 Å². The number of nitrogens with zero attached hydrogens (tertiary/aromatic N) is 2. The SMILES string of the molecule is COC(=O)c1cc(C#N)c(F)cn1. The van der Waals surface area contributed by atoms with Crippen LogP contribution in [-0.2, 0) is 4.74 Å². The Hall–Kier alpha value is -1.96. The first kappa shape index (κ1) is 9.13. The summed E-state index contributed by atoms with van der Waals surface area (Å²) in [5, 5.41) is 8.43. The van der Waals surface area contributed by atoms with Gasteiger partial charge in [-0.15, -0.1) is 0 Å². The van der Waals surface area contributed by atoms with Crippen molar-refractivity contribution in [2.75, 3.05) is 7.11 Å². The van der Waals surface area contributed by atoms with Crippen LogP contribution < -0.4 is 0 Å². The molecular formula is C8H5FN2O2. The second-order valence-electron chi connectivity index (χ2n) is 2.15. The van der Waals surface area contributed by atoms with Gasteiger partial charge in [-0.1, -0.05) is 0 Å². The van der Waals surface area contributed by atoms with Gasteiger partial charge in [0.1, 0.15) is 11.8 Å². The molecule has 0 aromatic carbocycles. The van der Waals surface area contributed by atoms with Crippen molar-refractivity contribution in [3.63, 3.8) is 0 Å². The number of carbonyl (C=O) groups excluding carboxylic acids is 1. The van der Waals surface area contributed by atoms with Gasteiger partial charge >= 0.3 is 5.97 Å². The maximum Gasteiger partial charge on any atom is 0.356 e. The molecule has 4 nitrogen and oxygen atoms in total. The van der Waals surface area contributed by atoms with E-state index in [0.717, 1.165) is 12.3 Å². The van der Waals surface area contributed by atoms with Gasteiger partial charge in [-0.25, -0.2) is 14.2 Å². The number of esters is 1. The third-order valence-corrected chi connectivity index (χ3v) is 1.37. The monoisotopic (exact) mass is 180 g/mol. The molecule has 0 amide bonds. The van der Waals surface area contributed by atoms with Gasteiger partial charge < -0.3 is 4.74 Å². The molecule has 13 heavy (non-hydrogen) atoms. The smallest absolute Gasteiger partial charge is 0.356 e. The summed E-state index contributed by atoms with van der Waals surface area (Å²) in [7, 11) is 1.18. The lowest BCUT2D eigenvalue weighted by atomic mass is 10.2. The molecule has 1 rings (SSSR count). The summed E-state index contributed by atoms with van der Waals surface area (Å²) in [5.41, 5.74) is -0.309. The topological polar surface area (TPSA) is 63.0 Å². The van der Waals surface area contributed by atoms with Crippen LogP contribution in [0.3, 0.4) is 0 Å². The zero-order valence-corrected chi connectivity index (χ0v) is 6.74. The Morgan fingerprint density at radius 1 is 1.77 bits per heavy atom. The zero-order chi connectivity index (χ0) is 9.84. The Bertz CT molecular complexity index is 384. The summed E-state index contributed by atoms with van der Waals surface area (Å²) in [6.07, 6.45) is 0.810. The molecule has 1 heterocycles. The number of rotatable bonds is 1. The standard InChI is InChI=1S/C8H5FN2O2/c1-13-8(12)7-2-5(3-10)6(9)4-11-7/h2,4H,1H3. The number of pyridine rings is 1. The molecule has 0 fully saturated rings. The Kier molecular flexibility index (Phi) is 2.55. The van der Waals surface area contributed by atoms with Crippen molar-refractivity contribution in [3.05, 3.63) is 29.3 Å². The van der Waals surface area contributed by atoms with E-state index in [4.69, 9.17) is 5.26 Å². The third-order valence-electron chi connectivity index (χ3n) is 1.37. The Morgan fingerprint density at radius 2 is 2.46 bits per heavy atom. The molecule has 1 aromatic heterocycles. The molecule has 0 saturated heterocycles. The molecule has 0 atom stereocenters. The van der Waals surface area contributed by atoms with Crippen molar-refractivity contribution in [1.29, 1.82) is 5.26 Å². The molecule has 66 valence electrons. The summed E-state index contributed by atoms with van der Waals surface area (Å²) >= 11 is 0. The van der Waals surface area contributed by atoms with Gasteiger partial charge in [0.15, 0.2) is 5.82 Å². The van der Waals surface area contributed by atoms with Gasteiger partial charge in [-0.3, -0.25) is 0 Å². The summed E-state index contributed by atoms with van der Waals surface area (Å²) < 4.78 is 17.0. The number of aromatic nitrogens is 1. The number of methoxy groups -OCH3 is 1. The van der Waals surface area contributed by atoms with E-state index in [1.54, 1.807) is 6.07 Å². The predicted molar refractivity (Wildman–Crippen MR) is 40.2 cm³/mol. The molecule has 0 unspecified atom stereocenters. The van der Waals surface area contributed by atoms with Crippen LogP contribution in [-0.4, -0.2) is 18.1 Å². The number of hydrogen-bond acceptors (Lipinski definition) is 4. The summed E-state index contributed by atoms with van der Waals surface area (Å²) in [5.74, 6) is -1.45. The Morgan fingerprint density at radius 3 is 3.00 bits per heavy atom. The second-order valence-corrected chi connectivity index (χ2v) is 2.15. The van der Waals surface area contributed by atoms with Crippen LogP contribution in [0.15, 0.2) is 12.3 Å². The number of halogens is 1. The van der Waals surface area contributed by atoms with Gasteiger partial charge in [-0.05, 0) is 6.07 Å². The average Bonchev–Trinajstić information content (AvgIpc) is 2.17. The molecule has 0 saturated carbocycles. The van der Waals surface area contributed by atoms with Gasteiger partial charge in [-0.2, -0.15) is 5.26 Å². The minimum atomic E-state index is -0.754. The van der Waals surface area contributed by atoms with Gasteiger partial charge in [0, 0.05) is 0 Å². The summed E-state index contributed by atoms with van der Waals surface area (Å²) in [6.45, 7) is 0. The maximum absolute atomic E-state index is 12.7. The van der Waals surface area contributed by atoms with Crippen molar-refractivity contribution in [1.82, 2.24) is 4.98 Å². The normalized spacial score (nSPS) is 9.00. The lowest BCUT2D eigenvalue weighted by Gasteiger charge is -1.98. The van der Waals surface area contributed by atoms with E-state index in [-0.39, 0.29) is 11.3 Å². The minimum Gasteiger partial charge on any atom is -0.464 e. The second kappa shape index (κ2) is 3.63. The number of hydrogen-bond donors (Lipinski definition) is 0. The van der Waals surface area contributed by atoms with E-state index in [9.17, 15) is 9.18 Å². The van der Waals surface area contributed by atoms with Crippen molar-refractivity contribution in [2.24, 2.45) is 0 Å². The largest absolute Gasteiger partial charge is 0.464 e. The molecular weight excluding hydrogens is 175 g/mol. The molecule has 0 N–H and O–H groups in total. The van der Waals surface area contributed by atoms with E-state index >= 15 is 0 Å². The van der Waals surface area contributed by atoms with Crippen LogP contribution in [0, 0.1) is 17.1 Å². The highest BCUT2D eigenvalue weighted by Gasteiger charge is 2.10. The lowest BCUT2D eigenvalue weighted by molar-refractivity contribution is 0.0594. The average molecular weight is 180 g/mol. The van der Waals surface area contributed by atoms with E-state index in [1.165, 1.54) is 7.11 Å². The lowest BCUT2D eigenvalue weighted by Crippen LogP contribution is -2.05. The first-order valence-electron chi connectivity index (χ1n) is 3.33. The van der Waals surface area contributed by atoms with Crippen LogP contribution >= 0.6 is 0 Å². The third kappa shape index (κ3) is 1.79. The molecule has 0 spiro atoms. The Labute approximate surface area is 73.6 Å². The summed E-state index contributed by atoms with van der Waals surface area (Å²) in [6, 6.07) is 2.63. The molecule has 1 aromatic rings. The van der Waals surface area contributed by atoms with E-state index in [0.29, 0.717) is 0 Å². The number of carbonyl (C=O) groups is 1. The fourth-order valence-corrected chi connectivity index (χ4v) is 0.741. The van der Waals surface area contributed by atoms with Gasteiger partial charge in [0.05, 0.1) is 18.9 Å². The molecule has 0 aliphatic heterocycles. The molecule has 0 aliphatic carbocycles. The number of ether oxygens (including phenoxy) is 1. The molecule has 0 bridgehead atoms. The molecule has 5 heteroatoms. The first-order chi connectivity index (χ1) is 6.19. The van der Waals surface area contributed by atoms with Crippen molar-refractivity contribution < 1.29 is 13.9 Å².